The van der Waals surface area contributed by atoms with Crippen molar-refractivity contribution in [1.29, 1.82) is 0 Å². The monoisotopic (exact) mass is 294 g/mol. The van der Waals surface area contributed by atoms with Crippen molar-refractivity contribution in [2.45, 2.75) is 46.6 Å². The van der Waals surface area contributed by atoms with Gasteiger partial charge in [0.1, 0.15) is 5.76 Å². The normalized spacial score (nSPS) is 25.0. The van der Waals surface area contributed by atoms with E-state index < -0.39 is 17.8 Å². The standard InChI is InChI=1S/C15H22N2O4/c1-4-10-5-11(12(6-10)15(19)20)14(18)16-7-13-17-8(2)9(3)21-13/h10-12H,4-7H2,1-3H3,(H,16,18)(H,19,20)/t10?,11-,12+/m0/s1. The molecule has 2 rings (SSSR count). The van der Waals surface area contributed by atoms with E-state index in [2.05, 4.69) is 10.3 Å². The molecule has 1 aromatic heterocycles. The highest BCUT2D eigenvalue weighted by Crippen LogP contribution is 2.38. The van der Waals surface area contributed by atoms with Crippen molar-refractivity contribution < 1.29 is 19.1 Å². The van der Waals surface area contributed by atoms with Gasteiger partial charge in [0, 0.05) is 0 Å². The van der Waals surface area contributed by atoms with Gasteiger partial charge in [-0.1, -0.05) is 13.3 Å². The molecule has 0 saturated heterocycles. The van der Waals surface area contributed by atoms with Crippen LogP contribution in [-0.4, -0.2) is 22.0 Å². The van der Waals surface area contributed by atoms with Crippen molar-refractivity contribution in [2.24, 2.45) is 17.8 Å². The topological polar surface area (TPSA) is 92.4 Å². The summed E-state index contributed by atoms with van der Waals surface area (Å²) < 4.78 is 5.40. The molecule has 1 saturated carbocycles. The lowest BCUT2D eigenvalue weighted by Crippen LogP contribution is -2.35. The number of carboxylic acid groups (broad SMARTS) is 1. The summed E-state index contributed by atoms with van der Waals surface area (Å²) in [6.45, 7) is 5.89. The fraction of sp³-hybridized carbons (Fsp3) is 0.667. The zero-order valence-electron chi connectivity index (χ0n) is 12.7. The fourth-order valence-electron chi connectivity index (χ4n) is 2.95. The van der Waals surface area contributed by atoms with E-state index in [9.17, 15) is 14.7 Å². The number of nitrogens with one attached hydrogen (secondary N) is 1. The zero-order chi connectivity index (χ0) is 15.6. The van der Waals surface area contributed by atoms with Crippen molar-refractivity contribution in [3.8, 4) is 0 Å². The largest absolute Gasteiger partial charge is 0.481 e. The van der Waals surface area contributed by atoms with Gasteiger partial charge in [0.15, 0.2) is 0 Å². The predicted octanol–water partition coefficient (Wildman–Crippen LogP) is 2.04. The third-order valence-corrected chi connectivity index (χ3v) is 4.38. The molecule has 6 nitrogen and oxygen atoms in total. The molecule has 1 heterocycles. The third-order valence-electron chi connectivity index (χ3n) is 4.38. The first kappa shape index (κ1) is 15.5. The molecule has 1 fully saturated rings. The van der Waals surface area contributed by atoms with Crippen molar-refractivity contribution in [3.05, 3.63) is 17.3 Å². The number of aromatic nitrogens is 1. The number of carboxylic acids is 1. The third kappa shape index (κ3) is 3.43. The molecule has 1 amide bonds. The lowest BCUT2D eigenvalue weighted by Gasteiger charge is -2.14. The average molecular weight is 294 g/mol. The van der Waals surface area contributed by atoms with Gasteiger partial charge in [-0.25, -0.2) is 4.98 Å². The molecule has 0 aliphatic heterocycles. The van der Waals surface area contributed by atoms with Crippen LogP contribution >= 0.6 is 0 Å². The van der Waals surface area contributed by atoms with E-state index >= 15 is 0 Å². The zero-order valence-corrected chi connectivity index (χ0v) is 12.7. The molecule has 1 unspecified atom stereocenters. The Labute approximate surface area is 123 Å². The smallest absolute Gasteiger partial charge is 0.307 e. The highest BCUT2D eigenvalue weighted by Gasteiger charge is 2.42. The summed E-state index contributed by atoms with van der Waals surface area (Å²) in [5, 5.41) is 12.0. The van der Waals surface area contributed by atoms with Crippen LogP contribution in [0.15, 0.2) is 4.42 Å². The van der Waals surface area contributed by atoms with Crippen LogP contribution in [0.3, 0.4) is 0 Å². The summed E-state index contributed by atoms with van der Waals surface area (Å²) in [6, 6.07) is 0. The Morgan fingerprint density at radius 1 is 1.33 bits per heavy atom. The van der Waals surface area contributed by atoms with Crippen LogP contribution in [-0.2, 0) is 16.1 Å². The van der Waals surface area contributed by atoms with Crippen molar-refractivity contribution in [3.63, 3.8) is 0 Å². The molecule has 2 N–H and O–H groups in total. The minimum absolute atomic E-state index is 0.202. The van der Waals surface area contributed by atoms with Crippen LogP contribution in [0.4, 0.5) is 0 Å². The molecule has 116 valence electrons. The summed E-state index contributed by atoms with van der Waals surface area (Å²) in [7, 11) is 0. The Bertz CT molecular complexity index is 518. The van der Waals surface area contributed by atoms with Crippen molar-refractivity contribution >= 4 is 11.9 Å². The summed E-state index contributed by atoms with van der Waals surface area (Å²) >= 11 is 0. The number of oxazole rings is 1. The Kier molecular flexibility index (Phi) is 4.65. The highest BCUT2D eigenvalue weighted by atomic mass is 16.4. The minimum atomic E-state index is -0.881. The van der Waals surface area contributed by atoms with Crippen molar-refractivity contribution in [1.82, 2.24) is 10.3 Å². The Morgan fingerprint density at radius 2 is 2.00 bits per heavy atom. The molecule has 6 heteroatoms. The lowest BCUT2D eigenvalue weighted by atomic mass is 9.95. The summed E-state index contributed by atoms with van der Waals surface area (Å²) in [5.41, 5.74) is 0.801. The number of hydrogen-bond acceptors (Lipinski definition) is 4. The summed E-state index contributed by atoms with van der Waals surface area (Å²) in [5.74, 6) is -0.633. The molecular weight excluding hydrogens is 272 g/mol. The van der Waals surface area contributed by atoms with Gasteiger partial charge in [-0.2, -0.15) is 0 Å². The molecule has 21 heavy (non-hydrogen) atoms. The number of aliphatic carboxylic acids is 1. The minimum Gasteiger partial charge on any atom is -0.481 e. The number of nitrogens with zero attached hydrogens (tertiary/aromatic N) is 1. The van der Waals surface area contributed by atoms with E-state index in [-0.39, 0.29) is 12.5 Å². The average Bonchev–Trinajstić information content (AvgIpc) is 3.00. The molecule has 1 aliphatic rings. The summed E-state index contributed by atoms with van der Waals surface area (Å²) in [6.07, 6.45) is 2.13. The molecule has 0 radical (unpaired) electrons. The van der Waals surface area contributed by atoms with Crippen LogP contribution in [0.2, 0.25) is 0 Å². The van der Waals surface area contributed by atoms with Crippen LogP contribution in [0, 0.1) is 31.6 Å². The first-order chi connectivity index (χ1) is 9.92. The maximum atomic E-state index is 12.2. The number of aryl methyl sites for hydroxylation is 2. The molecular formula is C15H22N2O4. The Morgan fingerprint density at radius 3 is 2.52 bits per heavy atom. The van der Waals surface area contributed by atoms with Gasteiger partial charge >= 0.3 is 5.97 Å². The van der Waals surface area contributed by atoms with Gasteiger partial charge in [-0.15, -0.1) is 0 Å². The molecule has 3 atom stereocenters. The second-order valence-electron chi connectivity index (χ2n) is 5.76. The second kappa shape index (κ2) is 6.28. The molecule has 0 spiro atoms. The van der Waals surface area contributed by atoms with E-state index in [0.717, 1.165) is 17.9 Å². The van der Waals surface area contributed by atoms with Gasteiger partial charge in [0.05, 0.1) is 24.1 Å². The molecule has 0 bridgehead atoms. The van der Waals surface area contributed by atoms with Crippen LogP contribution in [0.5, 0.6) is 0 Å². The van der Waals surface area contributed by atoms with Crippen LogP contribution in [0.25, 0.3) is 0 Å². The Balaban J connectivity index is 1.97. The van der Waals surface area contributed by atoms with Gasteiger partial charge in [0.25, 0.3) is 0 Å². The van der Waals surface area contributed by atoms with Crippen LogP contribution < -0.4 is 5.32 Å². The van der Waals surface area contributed by atoms with Crippen molar-refractivity contribution in [2.75, 3.05) is 0 Å². The Hall–Kier alpha value is -1.85. The van der Waals surface area contributed by atoms with Crippen LogP contribution in [0.1, 0.15) is 43.5 Å². The number of hydrogen-bond donors (Lipinski definition) is 2. The number of carbonyl (C=O) groups is 2. The molecule has 1 aliphatic carbocycles. The fourth-order valence-corrected chi connectivity index (χ4v) is 2.95. The predicted molar refractivity (Wildman–Crippen MR) is 75.5 cm³/mol. The van der Waals surface area contributed by atoms with E-state index in [1.807, 2.05) is 20.8 Å². The first-order valence-corrected chi connectivity index (χ1v) is 7.35. The van der Waals surface area contributed by atoms with Gasteiger partial charge in [-0.3, -0.25) is 9.59 Å². The van der Waals surface area contributed by atoms with E-state index in [0.29, 0.717) is 24.7 Å². The molecule has 1 aromatic rings. The second-order valence-corrected chi connectivity index (χ2v) is 5.76. The van der Waals surface area contributed by atoms with Gasteiger partial charge < -0.3 is 14.8 Å². The SMILES string of the molecule is CCC1C[C@H](C(=O)NCc2nc(C)c(C)o2)[C@H](C(=O)O)C1. The van der Waals surface area contributed by atoms with E-state index in [1.165, 1.54) is 0 Å². The summed E-state index contributed by atoms with van der Waals surface area (Å²) in [4.78, 5) is 27.7. The van der Waals surface area contributed by atoms with E-state index in [1.54, 1.807) is 0 Å². The highest BCUT2D eigenvalue weighted by molar-refractivity contribution is 5.85. The molecule has 0 aromatic carbocycles. The quantitative estimate of drug-likeness (QED) is 0.867. The number of carbonyl (C=O) groups excluding carboxylic acids is 1. The lowest BCUT2D eigenvalue weighted by molar-refractivity contribution is -0.146. The first-order valence-electron chi connectivity index (χ1n) is 7.35. The van der Waals surface area contributed by atoms with E-state index in [4.69, 9.17) is 4.42 Å². The van der Waals surface area contributed by atoms with Gasteiger partial charge in [0.2, 0.25) is 11.8 Å². The maximum Gasteiger partial charge on any atom is 0.307 e. The number of amides is 1. The maximum absolute atomic E-state index is 12.2. The van der Waals surface area contributed by atoms with Gasteiger partial charge in [-0.05, 0) is 32.6 Å². The number of rotatable bonds is 5.